The molecular formula is C22H26BrNO6. The molecule has 0 spiro atoms. The number of amides is 1. The van der Waals surface area contributed by atoms with Crippen LogP contribution < -0.4 is 19.5 Å². The first-order chi connectivity index (χ1) is 14.4. The van der Waals surface area contributed by atoms with Crippen LogP contribution in [0.25, 0.3) is 0 Å². The number of ether oxygens (including phenoxy) is 4. The lowest BCUT2D eigenvalue weighted by atomic mass is 10.1. The lowest BCUT2D eigenvalue weighted by Gasteiger charge is -2.18. The molecule has 0 aliphatic carbocycles. The highest BCUT2D eigenvalue weighted by molar-refractivity contribution is 9.10. The summed E-state index contributed by atoms with van der Waals surface area (Å²) < 4.78 is 22.1. The predicted octanol–water partition coefficient (Wildman–Crippen LogP) is 4.05. The van der Waals surface area contributed by atoms with Crippen molar-refractivity contribution in [3.63, 3.8) is 0 Å². The van der Waals surface area contributed by atoms with E-state index in [0.29, 0.717) is 24.5 Å². The molecule has 0 aromatic heterocycles. The number of carbonyl (C=O) groups is 2. The molecule has 1 atom stereocenters. The quantitative estimate of drug-likeness (QED) is 0.386. The van der Waals surface area contributed by atoms with E-state index in [1.165, 1.54) is 0 Å². The van der Waals surface area contributed by atoms with Gasteiger partial charge < -0.3 is 24.3 Å². The summed E-state index contributed by atoms with van der Waals surface area (Å²) >= 11 is 3.37. The second kappa shape index (κ2) is 12.1. The van der Waals surface area contributed by atoms with Crippen molar-refractivity contribution in [2.24, 2.45) is 0 Å². The molecule has 8 heteroatoms. The van der Waals surface area contributed by atoms with E-state index in [4.69, 9.17) is 18.9 Å². The van der Waals surface area contributed by atoms with Crippen molar-refractivity contribution in [2.75, 3.05) is 27.4 Å². The Kier molecular flexibility index (Phi) is 9.47. The van der Waals surface area contributed by atoms with Gasteiger partial charge in [-0.1, -0.05) is 22.0 Å². The van der Waals surface area contributed by atoms with Crippen LogP contribution in [0.5, 0.6) is 17.2 Å². The summed E-state index contributed by atoms with van der Waals surface area (Å²) in [6.45, 7) is 1.85. The fraction of sp³-hybridized carbons (Fsp3) is 0.364. The summed E-state index contributed by atoms with van der Waals surface area (Å²) in [5.74, 6) is 1.16. The van der Waals surface area contributed by atoms with Crippen molar-refractivity contribution >= 4 is 27.8 Å². The van der Waals surface area contributed by atoms with Crippen molar-refractivity contribution in [1.82, 2.24) is 5.32 Å². The van der Waals surface area contributed by atoms with Gasteiger partial charge in [0, 0.05) is 16.5 Å². The lowest BCUT2D eigenvalue weighted by molar-refractivity contribution is -0.148. The second-order valence-electron chi connectivity index (χ2n) is 6.47. The standard InChI is InChI=1S/C22H26BrNO6/c1-15(19-13-17(27-2)9-10-20(19)28-3)24-21(25)14-30-22(26)8-5-11-29-18-7-4-6-16(23)12-18/h4,6-7,9-10,12-13,15H,5,8,11,14H2,1-3H3,(H,24,25). The fourth-order valence-electron chi connectivity index (χ4n) is 2.72. The summed E-state index contributed by atoms with van der Waals surface area (Å²) in [5, 5.41) is 2.79. The van der Waals surface area contributed by atoms with Crippen molar-refractivity contribution in [1.29, 1.82) is 0 Å². The molecule has 0 radical (unpaired) electrons. The zero-order chi connectivity index (χ0) is 21.9. The highest BCUT2D eigenvalue weighted by atomic mass is 79.9. The maximum absolute atomic E-state index is 12.1. The molecule has 0 saturated carbocycles. The van der Waals surface area contributed by atoms with E-state index in [-0.39, 0.29) is 19.1 Å². The van der Waals surface area contributed by atoms with Crippen LogP contribution in [-0.2, 0) is 14.3 Å². The molecule has 0 fully saturated rings. The monoisotopic (exact) mass is 479 g/mol. The van der Waals surface area contributed by atoms with Gasteiger partial charge in [0.1, 0.15) is 17.2 Å². The van der Waals surface area contributed by atoms with Crippen LogP contribution in [0.3, 0.4) is 0 Å². The third-order valence-corrected chi connectivity index (χ3v) is 4.73. The van der Waals surface area contributed by atoms with Crippen LogP contribution in [0.2, 0.25) is 0 Å². The number of methoxy groups -OCH3 is 2. The Hall–Kier alpha value is -2.74. The Bertz CT molecular complexity index is 857. The third-order valence-electron chi connectivity index (χ3n) is 4.24. The van der Waals surface area contributed by atoms with Gasteiger partial charge in [-0.2, -0.15) is 0 Å². The minimum Gasteiger partial charge on any atom is -0.497 e. The van der Waals surface area contributed by atoms with Gasteiger partial charge >= 0.3 is 5.97 Å². The number of carbonyl (C=O) groups excluding carboxylic acids is 2. The molecule has 0 heterocycles. The molecule has 1 N–H and O–H groups in total. The average molecular weight is 480 g/mol. The molecule has 0 aliphatic heterocycles. The van der Waals surface area contributed by atoms with Gasteiger partial charge in [-0.25, -0.2) is 0 Å². The Morgan fingerprint density at radius 1 is 1.07 bits per heavy atom. The first-order valence-electron chi connectivity index (χ1n) is 9.48. The maximum atomic E-state index is 12.1. The van der Waals surface area contributed by atoms with Gasteiger partial charge in [-0.05, 0) is 49.7 Å². The maximum Gasteiger partial charge on any atom is 0.306 e. The van der Waals surface area contributed by atoms with Crippen LogP contribution in [0.15, 0.2) is 46.9 Å². The number of nitrogens with one attached hydrogen (secondary N) is 1. The molecule has 162 valence electrons. The van der Waals surface area contributed by atoms with E-state index in [1.807, 2.05) is 31.2 Å². The average Bonchev–Trinajstić information content (AvgIpc) is 2.74. The van der Waals surface area contributed by atoms with E-state index in [9.17, 15) is 9.59 Å². The van der Waals surface area contributed by atoms with Gasteiger partial charge in [-0.3, -0.25) is 9.59 Å². The predicted molar refractivity (Wildman–Crippen MR) is 116 cm³/mol. The van der Waals surface area contributed by atoms with Crippen molar-refractivity contribution in [3.05, 3.63) is 52.5 Å². The minimum absolute atomic E-state index is 0.167. The highest BCUT2D eigenvalue weighted by Crippen LogP contribution is 2.29. The summed E-state index contributed by atoms with van der Waals surface area (Å²) in [6, 6.07) is 12.5. The zero-order valence-electron chi connectivity index (χ0n) is 17.3. The summed E-state index contributed by atoms with van der Waals surface area (Å²) in [7, 11) is 3.13. The van der Waals surface area contributed by atoms with Crippen LogP contribution in [0.4, 0.5) is 0 Å². The molecule has 1 amide bonds. The van der Waals surface area contributed by atoms with Crippen molar-refractivity contribution < 1.29 is 28.5 Å². The number of benzene rings is 2. The number of hydrogen-bond donors (Lipinski definition) is 1. The van der Waals surface area contributed by atoms with Gasteiger partial charge in [-0.15, -0.1) is 0 Å². The van der Waals surface area contributed by atoms with Gasteiger partial charge in [0.2, 0.25) is 0 Å². The first kappa shape index (κ1) is 23.5. The SMILES string of the molecule is COc1ccc(OC)c(C(C)NC(=O)COC(=O)CCCOc2cccc(Br)c2)c1. The van der Waals surface area contributed by atoms with E-state index in [0.717, 1.165) is 15.8 Å². The summed E-state index contributed by atoms with van der Waals surface area (Å²) in [4.78, 5) is 24.0. The molecule has 2 aromatic carbocycles. The molecule has 1 unspecified atom stereocenters. The molecule has 0 saturated heterocycles. The number of halogens is 1. The number of esters is 1. The van der Waals surface area contributed by atoms with Crippen molar-refractivity contribution in [2.45, 2.75) is 25.8 Å². The van der Waals surface area contributed by atoms with Crippen LogP contribution >= 0.6 is 15.9 Å². The van der Waals surface area contributed by atoms with Crippen molar-refractivity contribution in [3.8, 4) is 17.2 Å². The normalized spacial score (nSPS) is 11.3. The number of hydrogen-bond acceptors (Lipinski definition) is 6. The zero-order valence-corrected chi connectivity index (χ0v) is 18.9. The van der Waals surface area contributed by atoms with Gasteiger partial charge in [0.25, 0.3) is 5.91 Å². The smallest absolute Gasteiger partial charge is 0.306 e. The Morgan fingerprint density at radius 3 is 2.57 bits per heavy atom. The molecule has 7 nitrogen and oxygen atoms in total. The molecule has 0 aliphatic rings. The molecule has 30 heavy (non-hydrogen) atoms. The van der Waals surface area contributed by atoms with Crippen LogP contribution in [0, 0.1) is 0 Å². The summed E-state index contributed by atoms with van der Waals surface area (Å²) in [6.07, 6.45) is 0.658. The second-order valence-corrected chi connectivity index (χ2v) is 7.38. The third kappa shape index (κ3) is 7.59. The van der Waals surface area contributed by atoms with E-state index in [2.05, 4.69) is 21.2 Å². The Morgan fingerprint density at radius 2 is 1.87 bits per heavy atom. The Labute approximate surface area is 184 Å². The highest BCUT2D eigenvalue weighted by Gasteiger charge is 2.16. The van der Waals surface area contributed by atoms with Crippen LogP contribution in [0.1, 0.15) is 31.4 Å². The number of rotatable bonds is 11. The van der Waals surface area contributed by atoms with E-state index < -0.39 is 11.9 Å². The first-order valence-corrected chi connectivity index (χ1v) is 10.3. The van der Waals surface area contributed by atoms with Gasteiger partial charge in [0.15, 0.2) is 6.61 Å². The molecule has 2 rings (SSSR count). The molecule has 0 bridgehead atoms. The largest absolute Gasteiger partial charge is 0.497 e. The minimum atomic E-state index is -0.449. The fourth-order valence-corrected chi connectivity index (χ4v) is 3.10. The summed E-state index contributed by atoms with van der Waals surface area (Å²) in [5.41, 5.74) is 0.765. The lowest BCUT2D eigenvalue weighted by Crippen LogP contribution is -2.31. The molecular weight excluding hydrogens is 454 g/mol. The van der Waals surface area contributed by atoms with E-state index >= 15 is 0 Å². The molecule has 2 aromatic rings. The van der Waals surface area contributed by atoms with Gasteiger partial charge in [0.05, 0.1) is 26.9 Å². The Balaban J connectivity index is 1.71. The van der Waals surface area contributed by atoms with E-state index in [1.54, 1.807) is 32.4 Å². The van der Waals surface area contributed by atoms with Crippen LogP contribution in [-0.4, -0.2) is 39.3 Å². The topological polar surface area (TPSA) is 83.1 Å².